The number of amidine groups is 1. The van der Waals surface area contributed by atoms with E-state index in [0.717, 1.165) is 48.0 Å². The number of aliphatic imine (C=N–C) groups is 1. The molecule has 2 aliphatic rings. The summed E-state index contributed by atoms with van der Waals surface area (Å²) in [5.74, 6) is 3.02. The Labute approximate surface area is 136 Å². The van der Waals surface area contributed by atoms with Crippen molar-refractivity contribution < 1.29 is 4.74 Å². The fraction of sp³-hybridized carbons (Fsp3) is 0.316. The summed E-state index contributed by atoms with van der Waals surface area (Å²) < 4.78 is 6.00. The lowest BCUT2D eigenvalue weighted by Gasteiger charge is -2.27. The third-order valence-electron chi connectivity index (χ3n) is 4.68. The highest BCUT2D eigenvalue weighted by molar-refractivity contribution is 5.89. The molecule has 4 rings (SSSR count). The number of nitrogens with one attached hydrogen (secondary N) is 1. The molecule has 4 nitrogen and oxygen atoms in total. The van der Waals surface area contributed by atoms with Crippen molar-refractivity contribution in [2.24, 2.45) is 10.7 Å². The lowest BCUT2D eigenvalue weighted by Crippen LogP contribution is -2.33. The molecule has 2 unspecified atom stereocenters. The van der Waals surface area contributed by atoms with Crippen LogP contribution >= 0.6 is 0 Å². The van der Waals surface area contributed by atoms with E-state index in [2.05, 4.69) is 29.4 Å². The number of para-hydroxylation sites is 1. The maximum atomic E-state index is 6.48. The lowest BCUT2D eigenvalue weighted by molar-refractivity contribution is 0.447. The van der Waals surface area contributed by atoms with E-state index in [9.17, 15) is 0 Å². The minimum Gasteiger partial charge on any atom is -0.457 e. The average molecular weight is 307 g/mol. The van der Waals surface area contributed by atoms with Crippen molar-refractivity contribution >= 4 is 5.84 Å². The first-order valence-corrected chi connectivity index (χ1v) is 8.18. The molecule has 2 atom stereocenters. The van der Waals surface area contributed by atoms with Gasteiger partial charge in [-0.3, -0.25) is 4.99 Å². The molecule has 2 aliphatic heterocycles. The van der Waals surface area contributed by atoms with Gasteiger partial charge in [0.2, 0.25) is 0 Å². The van der Waals surface area contributed by atoms with E-state index in [1.807, 2.05) is 30.3 Å². The first kappa shape index (κ1) is 14.3. The molecular formula is C19H21N3O. The topological polar surface area (TPSA) is 59.6 Å². The normalized spacial score (nSPS) is 20.4. The SMILES string of the molecule is CC(C1=NCCCN1)c1ccc2c(c1)C(N)c1ccccc1O2. The molecule has 0 saturated heterocycles. The summed E-state index contributed by atoms with van der Waals surface area (Å²) in [6, 6.07) is 14.1. The molecule has 118 valence electrons. The molecule has 2 aromatic carbocycles. The zero-order valence-corrected chi connectivity index (χ0v) is 13.3. The van der Waals surface area contributed by atoms with E-state index in [1.54, 1.807) is 0 Å². The predicted molar refractivity (Wildman–Crippen MR) is 92.3 cm³/mol. The van der Waals surface area contributed by atoms with Crippen LogP contribution in [0.25, 0.3) is 0 Å². The maximum absolute atomic E-state index is 6.48. The van der Waals surface area contributed by atoms with Crippen molar-refractivity contribution in [3.05, 3.63) is 59.2 Å². The van der Waals surface area contributed by atoms with E-state index in [1.165, 1.54) is 5.56 Å². The van der Waals surface area contributed by atoms with Crippen LogP contribution in [0.5, 0.6) is 11.5 Å². The molecule has 0 aromatic heterocycles. The molecule has 3 N–H and O–H groups in total. The second-order valence-electron chi connectivity index (χ2n) is 6.18. The van der Waals surface area contributed by atoms with Crippen LogP contribution in [-0.4, -0.2) is 18.9 Å². The molecule has 0 radical (unpaired) electrons. The summed E-state index contributed by atoms with van der Waals surface area (Å²) >= 11 is 0. The van der Waals surface area contributed by atoms with Crippen LogP contribution in [0.1, 0.15) is 42.0 Å². The maximum Gasteiger partial charge on any atom is 0.132 e. The standard InChI is InChI=1S/C19H21N3O/c1-12(19-21-9-4-10-22-19)13-7-8-17-15(11-13)18(20)14-5-2-3-6-16(14)23-17/h2-3,5-8,11-12,18H,4,9-10,20H2,1H3,(H,21,22). The Balaban J connectivity index is 1.69. The van der Waals surface area contributed by atoms with Crippen molar-refractivity contribution in [1.82, 2.24) is 5.32 Å². The Hall–Kier alpha value is -2.33. The number of nitrogens with zero attached hydrogens (tertiary/aromatic N) is 1. The number of hydrogen-bond acceptors (Lipinski definition) is 4. The van der Waals surface area contributed by atoms with Gasteiger partial charge in [0.05, 0.1) is 6.04 Å². The zero-order valence-electron chi connectivity index (χ0n) is 13.3. The smallest absolute Gasteiger partial charge is 0.132 e. The monoisotopic (exact) mass is 307 g/mol. The van der Waals surface area contributed by atoms with Crippen LogP contribution in [0, 0.1) is 0 Å². The van der Waals surface area contributed by atoms with Crippen molar-refractivity contribution in [3.63, 3.8) is 0 Å². The van der Waals surface area contributed by atoms with Crippen LogP contribution in [0.3, 0.4) is 0 Å². The highest BCUT2D eigenvalue weighted by Crippen LogP contribution is 2.42. The fourth-order valence-corrected chi connectivity index (χ4v) is 3.29. The van der Waals surface area contributed by atoms with Gasteiger partial charge in [-0.1, -0.05) is 31.2 Å². The molecule has 0 amide bonds. The van der Waals surface area contributed by atoms with E-state index in [-0.39, 0.29) is 12.0 Å². The summed E-state index contributed by atoms with van der Waals surface area (Å²) in [4.78, 5) is 4.62. The number of nitrogens with two attached hydrogens (primary N) is 1. The molecular weight excluding hydrogens is 286 g/mol. The Kier molecular flexibility index (Phi) is 3.54. The summed E-state index contributed by atoms with van der Waals surface area (Å²) in [6.07, 6.45) is 1.11. The number of ether oxygens (including phenoxy) is 1. The van der Waals surface area contributed by atoms with Crippen LogP contribution < -0.4 is 15.8 Å². The van der Waals surface area contributed by atoms with Crippen molar-refractivity contribution in [3.8, 4) is 11.5 Å². The Morgan fingerprint density at radius 3 is 2.83 bits per heavy atom. The van der Waals surface area contributed by atoms with Gasteiger partial charge in [-0.15, -0.1) is 0 Å². The first-order valence-electron chi connectivity index (χ1n) is 8.18. The quantitative estimate of drug-likeness (QED) is 0.894. The number of fused-ring (bicyclic) bond motifs is 2. The van der Waals surface area contributed by atoms with Crippen LogP contribution in [0.4, 0.5) is 0 Å². The highest BCUT2D eigenvalue weighted by atomic mass is 16.5. The first-order chi connectivity index (χ1) is 11.2. The van der Waals surface area contributed by atoms with Crippen LogP contribution in [0.15, 0.2) is 47.5 Å². The molecule has 0 aliphatic carbocycles. The van der Waals surface area contributed by atoms with E-state index >= 15 is 0 Å². The van der Waals surface area contributed by atoms with Crippen molar-refractivity contribution in [2.75, 3.05) is 13.1 Å². The van der Waals surface area contributed by atoms with Gasteiger partial charge in [-0.25, -0.2) is 0 Å². The summed E-state index contributed by atoms with van der Waals surface area (Å²) in [5, 5.41) is 3.41. The van der Waals surface area contributed by atoms with Gasteiger partial charge in [0.25, 0.3) is 0 Å². The van der Waals surface area contributed by atoms with Crippen molar-refractivity contribution in [1.29, 1.82) is 0 Å². The zero-order chi connectivity index (χ0) is 15.8. The molecule has 0 fully saturated rings. The molecule has 2 aromatic rings. The molecule has 0 bridgehead atoms. The van der Waals surface area contributed by atoms with E-state index in [0.29, 0.717) is 0 Å². The molecule has 0 saturated carbocycles. The van der Waals surface area contributed by atoms with Gasteiger partial charge in [0, 0.05) is 30.1 Å². The molecule has 0 spiro atoms. The minimum atomic E-state index is -0.150. The third-order valence-corrected chi connectivity index (χ3v) is 4.68. The van der Waals surface area contributed by atoms with E-state index in [4.69, 9.17) is 10.5 Å². The number of benzene rings is 2. The van der Waals surface area contributed by atoms with Crippen LogP contribution in [-0.2, 0) is 0 Å². The van der Waals surface area contributed by atoms with Gasteiger partial charge in [0.15, 0.2) is 0 Å². The predicted octanol–water partition coefficient (Wildman–Crippen LogP) is 3.34. The van der Waals surface area contributed by atoms with Gasteiger partial charge in [-0.2, -0.15) is 0 Å². The van der Waals surface area contributed by atoms with Gasteiger partial charge >= 0.3 is 0 Å². The van der Waals surface area contributed by atoms with Gasteiger partial charge in [0.1, 0.15) is 17.3 Å². The second kappa shape index (κ2) is 5.70. The highest BCUT2D eigenvalue weighted by Gasteiger charge is 2.25. The van der Waals surface area contributed by atoms with E-state index < -0.39 is 0 Å². The molecule has 23 heavy (non-hydrogen) atoms. The minimum absolute atomic E-state index is 0.150. The van der Waals surface area contributed by atoms with Gasteiger partial charge in [-0.05, 0) is 30.2 Å². The molecule has 2 heterocycles. The summed E-state index contributed by atoms with van der Waals surface area (Å²) in [6.45, 7) is 4.10. The largest absolute Gasteiger partial charge is 0.457 e. The fourth-order valence-electron chi connectivity index (χ4n) is 3.29. The summed E-state index contributed by atoms with van der Waals surface area (Å²) in [5.41, 5.74) is 9.78. The van der Waals surface area contributed by atoms with Crippen molar-refractivity contribution in [2.45, 2.75) is 25.3 Å². The number of hydrogen-bond donors (Lipinski definition) is 2. The lowest BCUT2D eigenvalue weighted by atomic mass is 9.90. The Morgan fingerprint density at radius 1 is 1.17 bits per heavy atom. The van der Waals surface area contributed by atoms with Gasteiger partial charge < -0.3 is 15.8 Å². The third kappa shape index (κ3) is 2.49. The van der Waals surface area contributed by atoms with Crippen LogP contribution in [0.2, 0.25) is 0 Å². The Morgan fingerprint density at radius 2 is 2.00 bits per heavy atom. The Bertz CT molecular complexity index is 769. The molecule has 4 heteroatoms. The second-order valence-corrected chi connectivity index (χ2v) is 6.18. The summed E-state index contributed by atoms with van der Waals surface area (Å²) in [7, 11) is 0. The average Bonchev–Trinajstić information content (AvgIpc) is 2.62. The number of rotatable bonds is 2.